The number of thioether (sulfide) groups is 1. The van der Waals surface area contributed by atoms with Gasteiger partial charge in [-0.25, -0.2) is 4.98 Å². The lowest BCUT2D eigenvalue weighted by Gasteiger charge is -2.25. The minimum absolute atomic E-state index is 0.0286. The Balaban J connectivity index is 1.35. The molecule has 2 heterocycles. The van der Waals surface area contributed by atoms with Crippen LogP contribution in [0.4, 0.5) is 5.69 Å². The first-order valence-electron chi connectivity index (χ1n) is 9.95. The molecule has 3 aromatic rings. The van der Waals surface area contributed by atoms with E-state index in [1.807, 2.05) is 43.3 Å². The Hall–Kier alpha value is -2.35. The molecule has 1 aromatic heterocycles. The molecule has 152 valence electrons. The SMILES string of the molecule is CC(CSc1ccccc1)C(=O)Nc1ccc2nc(CN3CCOCC3)[nH]c2c1. The zero-order valence-corrected chi connectivity index (χ0v) is 17.4. The van der Waals surface area contributed by atoms with Crippen LogP contribution in [0.25, 0.3) is 11.0 Å². The Morgan fingerprint density at radius 1 is 1.24 bits per heavy atom. The number of hydrogen-bond acceptors (Lipinski definition) is 5. The number of aromatic nitrogens is 2. The number of aromatic amines is 1. The maximum atomic E-state index is 12.6. The molecule has 2 N–H and O–H groups in total. The first kappa shape index (κ1) is 19.9. The number of morpholine rings is 1. The standard InChI is InChI=1S/C22H26N4O2S/c1-16(15-29-18-5-3-2-4-6-18)22(27)23-17-7-8-19-20(13-17)25-21(24-19)14-26-9-11-28-12-10-26/h2-8,13,16H,9-12,14-15H2,1H3,(H,23,27)(H,24,25). The van der Waals surface area contributed by atoms with Crippen LogP contribution in [0.2, 0.25) is 0 Å². The average molecular weight is 411 g/mol. The molecule has 1 atom stereocenters. The molecule has 0 aliphatic carbocycles. The number of ether oxygens (including phenoxy) is 1. The van der Waals surface area contributed by atoms with Gasteiger partial charge in [0.05, 0.1) is 30.8 Å². The Morgan fingerprint density at radius 2 is 2.03 bits per heavy atom. The topological polar surface area (TPSA) is 70.2 Å². The van der Waals surface area contributed by atoms with Crippen LogP contribution >= 0.6 is 11.8 Å². The number of amides is 1. The van der Waals surface area contributed by atoms with Gasteiger partial charge in [-0.15, -0.1) is 11.8 Å². The Bertz CT molecular complexity index is 954. The number of carbonyl (C=O) groups excluding carboxylic acids is 1. The third kappa shape index (κ3) is 5.38. The van der Waals surface area contributed by atoms with Crippen LogP contribution in [0.15, 0.2) is 53.4 Å². The van der Waals surface area contributed by atoms with Crippen molar-refractivity contribution >= 4 is 34.4 Å². The largest absolute Gasteiger partial charge is 0.379 e. The fourth-order valence-corrected chi connectivity index (χ4v) is 4.21. The van der Waals surface area contributed by atoms with Crippen LogP contribution in [0.3, 0.4) is 0 Å². The molecule has 4 rings (SSSR count). The highest BCUT2D eigenvalue weighted by Gasteiger charge is 2.15. The lowest BCUT2D eigenvalue weighted by Crippen LogP contribution is -2.35. The lowest BCUT2D eigenvalue weighted by atomic mass is 10.2. The van der Waals surface area contributed by atoms with Gasteiger partial charge in [-0.05, 0) is 30.3 Å². The molecular weight excluding hydrogens is 384 g/mol. The molecule has 6 nitrogen and oxygen atoms in total. The summed E-state index contributed by atoms with van der Waals surface area (Å²) in [5.41, 5.74) is 2.65. The highest BCUT2D eigenvalue weighted by molar-refractivity contribution is 7.99. The Labute approximate surface area is 175 Å². The number of fused-ring (bicyclic) bond motifs is 1. The molecule has 0 saturated carbocycles. The van der Waals surface area contributed by atoms with Crippen molar-refractivity contribution in [2.24, 2.45) is 5.92 Å². The van der Waals surface area contributed by atoms with E-state index in [0.717, 1.165) is 61.1 Å². The van der Waals surface area contributed by atoms with E-state index >= 15 is 0 Å². The highest BCUT2D eigenvalue weighted by atomic mass is 32.2. The van der Waals surface area contributed by atoms with Gasteiger partial charge in [-0.3, -0.25) is 9.69 Å². The number of H-pyrrole nitrogens is 1. The van der Waals surface area contributed by atoms with E-state index in [9.17, 15) is 4.79 Å². The number of imidazole rings is 1. The lowest BCUT2D eigenvalue weighted by molar-refractivity contribution is -0.118. The van der Waals surface area contributed by atoms with E-state index in [1.165, 1.54) is 4.90 Å². The van der Waals surface area contributed by atoms with Gasteiger partial charge in [-0.1, -0.05) is 25.1 Å². The molecule has 1 fully saturated rings. The van der Waals surface area contributed by atoms with Crippen molar-refractivity contribution in [2.45, 2.75) is 18.4 Å². The van der Waals surface area contributed by atoms with E-state index in [4.69, 9.17) is 4.74 Å². The summed E-state index contributed by atoms with van der Waals surface area (Å²) in [6.45, 7) is 6.15. The molecule has 0 bridgehead atoms. The van der Waals surface area contributed by atoms with Crippen molar-refractivity contribution in [3.63, 3.8) is 0 Å². The zero-order valence-electron chi connectivity index (χ0n) is 16.6. The van der Waals surface area contributed by atoms with Crippen LogP contribution in [0.1, 0.15) is 12.7 Å². The Morgan fingerprint density at radius 3 is 2.83 bits per heavy atom. The fourth-order valence-electron chi connectivity index (χ4n) is 3.27. The van der Waals surface area contributed by atoms with Crippen molar-refractivity contribution in [1.82, 2.24) is 14.9 Å². The summed E-state index contributed by atoms with van der Waals surface area (Å²) in [6, 6.07) is 16.0. The minimum Gasteiger partial charge on any atom is -0.379 e. The summed E-state index contributed by atoms with van der Waals surface area (Å²) in [5, 5.41) is 3.03. The van der Waals surface area contributed by atoms with Crippen molar-refractivity contribution in [3.8, 4) is 0 Å². The number of nitrogens with zero attached hydrogens (tertiary/aromatic N) is 2. The van der Waals surface area contributed by atoms with Crippen molar-refractivity contribution in [1.29, 1.82) is 0 Å². The molecule has 1 amide bonds. The number of anilines is 1. The summed E-state index contributed by atoms with van der Waals surface area (Å²) in [6.07, 6.45) is 0. The number of carbonyl (C=O) groups is 1. The van der Waals surface area contributed by atoms with Crippen LogP contribution in [-0.4, -0.2) is 52.8 Å². The molecule has 1 aliphatic rings. The number of benzene rings is 2. The fraction of sp³-hybridized carbons (Fsp3) is 0.364. The van der Waals surface area contributed by atoms with Crippen LogP contribution < -0.4 is 5.32 Å². The second-order valence-corrected chi connectivity index (χ2v) is 8.41. The summed E-state index contributed by atoms with van der Waals surface area (Å²) in [7, 11) is 0. The van der Waals surface area contributed by atoms with Gasteiger partial charge < -0.3 is 15.0 Å². The van der Waals surface area contributed by atoms with E-state index in [0.29, 0.717) is 0 Å². The van der Waals surface area contributed by atoms with E-state index in [-0.39, 0.29) is 11.8 Å². The van der Waals surface area contributed by atoms with Crippen molar-refractivity contribution in [3.05, 3.63) is 54.4 Å². The predicted octanol–water partition coefficient (Wildman–Crippen LogP) is 3.76. The maximum Gasteiger partial charge on any atom is 0.228 e. The maximum absolute atomic E-state index is 12.6. The van der Waals surface area contributed by atoms with Crippen molar-refractivity contribution in [2.75, 3.05) is 37.4 Å². The summed E-state index contributed by atoms with van der Waals surface area (Å²) in [4.78, 5) is 24.1. The molecule has 29 heavy (non-hydrogen) atoms. The molecule has 1 saturated heterocycles. The quantitative estimate of drug-likeness (QED) is 0.581. The molecule has 0 radical (unpaired) electrons. The number of hydrogen-bond donors (Lipinski definition) is 2. The molecule has 0 spiro atoms. The summed E-state index contributed by atoms with van der Waals surface area (Å²) >= 11 is 1.70. The molecule has 1 unspecified atom stereocenters. The number of rotatable bonds is 7. The van der Waals surface area contributed by atoms with Gasteiger partial charge in [0.15, 0.2) is 0 Å². The highest BCUT2D eigenvalue weighted by Crippen LogP contribution is 2.22. The van der Waals surface area contributed by atoms with Gasteiger partial charge in [-0.2, -0.15) is 0 Å². The molecule has 1 aliphatic heterocycles. The van der Waals surface area contributed by atoms with Gasteiger partial charge in [0.2, 0.25) is 5.91 Å². The predicted molar refractivity (Wildman–Crippen MR) is 117 cm³/mol. The zero-order chi connectivity index (χ0) is 20.1. The van der Waals surface area contributed by atoms with Crippen LogP contribution in [0.5, 0.6) is 0 Å². The minimum atomic E-state index is -0.0884. The van der Waals surface area contributed by atoms with Gasteiger partial charge in [0.1, 0.15) is 5.82 Å². The first-order chi connectivity index (χ1) is 14.2. The van der Waals surface area contributed by atoms with Crippen LogP contribution in [-0.2, 0) is 16.1 Å². The van der Waals surface area contributed by atoms with E-state index in [1.54, 1.807) is 11.8 Å². The van der Waals surface area contributed by atoms with Gasteiger partial charge >= 0.3 is 0 Å². The summed E-state index contributed by atoms with van der Waals surface area (Å²) in [5.74, 6) is 1.62. The second-order valence-electron chi connectivity index (χ2n) is 7.32. The number of nitrogens with one attached hydrogen (secondary N) is 2. The second kappa shape index (κ2) is 9.43. The van der Waals surface area contributed by atoms with E-state index in [2.05, 4.69) is 32.3 Å². The first-order valence-corrected chi connectivity index (χ1v) is 10.9. The third-order valence-corrected chi connectivity index (χ3v) is 6.24. The Kier molecular flexibility index (Phi) is 6.49. The van der Waals surface area contributed by atoms with Crippen molar-refractivity contribution < 1.29 is 9.53 Å². The molecule has 2 aromatic carbocycles. The summed E-state index contributed by atoms with van der Waals surface area (Å²) < 4.78 is 5.40. The average Bonchev–Trinajstić information content (AvgIpc) is 3.15. The molecular formula is C22H26N4O2S. The van der Waals surface area contributed by atoms with Gasteiger partial charge in [0, 0.05) is 35.3 Å². The van der Waals surface area contributed by atoms with E-state index < -0.39 is 0 Å². The normalized spacial score (nSPS) is 16.0. The third-order valence-electron chi connectivity index (χ3n) is 4.97. The molecule has 7 heteroatoms. The monoisotopic (exact) mass is 410 g/mol. The van der Waals surface area contributed by atoms with Crippen LogP contribution in [0, 0.1) is 5.92 Å². The van der Waals surface area contributed by atoms with Gasteiger partial charge in [0.25, 0.3) is 0 Å². The smallest absolute Gasteiger partial charge is 0.228 e.